The smallest absolute Gasteiger partial charge is 0.146 e. The van der Waals surface area contributed by atoms with Gasteiger partial charge in [0.1, 0.15) is 6.79 Å². The van der Waals surface area contributed by atoms with E-state index in [-0.39, 0.29) is 6.04 Å². The minimum atomic E-state index is 0.171. The molecule has 0 aliphatic carbocycles. The Labute approximate surface area is 68.9 Å². The van der Waals surface area contributed by atoms with Gasteiger partial charge in [-0.1, -0.05) is 19.8 Å². The second kappa shape index (κ2) is 7.98. The van der Waals surface area contributed by atoms with Gasteiger partial charge in [0.25, 0.3) is 0 Å². The van der Waals surface area contributed by atoms with Crippen LogP contribution in [-0.4, -0.2) is 26.6 Å². The molecule has 3 nitrogen and oxygen atoms in total. The first-order valence-electron chi connectivity index (χ1n) is 4.13. The molecule has 0 saturated heterocycles. The third-order valence-electron chi connectivity index (χ3n) is 1.46. The van der Waals surface area contributed by atoms with Crippen molar-refractivity contribution in [3.63, 3.8) is 0 Å². The molecule has 0 bridgehead atoms. The second-order valence-electron chi connectivity index (χ2n) is 2.68. The van der Waals surface area contributed by atoms with Crippen molar-refractivity contribution in [2.24, 2.45) is 5.73 Å². The van der Waals surface area contributed by atoms with E-state index in [9.17, 15) is 0 Å². The minimum Gasteiger partial charge on any atom is -0.359 e. The Bertz CT molecular complexity index is 78.5. The van der Waals surface area contributed by atoms with Crippen LogP contribution in [0.4, 0.5) is 0 Å². The van der Waals surface area contributed by atoms with Crippen molar-refractivity contribution >= 4 is 0 Å². The van der Waals surface area contributed by atoms with Crippen LogP contribution in [-0.2, 0) is 9.47 Å². The number of hydrogen-bond donors (Lipinski definition) is 1. The van der Waals surface area contributed by atoms with Gasteiger partial charge in [-0.25, -0.2) is 0 Å². The fraction of sp³-hybridized carbons (Fsp3) is 1.00. The van der Waals surface area contributed by atoms with Crippen molar-refractivity contribution in [3.05, 3.63) is 0 Å². The Morgan fingerprint density at radius 1 is 1.45 bits per heavy atom. The summed E-state index contributed by atoms with van der Waals surface area (Å²) in [4.78, 5) is 0. The lowest BCUT2D eigenvalue weighted by Crippen LogP contribution is -2.26. The lowest BCUT2D eigenvalue weighted by atomic mass is 10.1. The lowest BCUT2D eigenvalue weighted by molar-refractivity contribution is -0.0356. The Morgan fingerprint density at radius 2 is 2.18 bits per heavy atom. The van der Waals surface area contributed by atoms with Crippen LogP contribution in [0.15, 0.2) is 0 Å². The molecule has 0 aromatic carbocycles. The molecule has 0 unspecified atom stereocenters. The topological polar surface area (TPSA) is 44.5 Å². The van der Waals surface area contributed by atoms with Crippen LogP contribution in [0.25, 0.3) is 0 Å². The molecule has 0 spiro atoms. The number of rotatable bonds is 7. The molecule has 0 rings (SSSR count). The van der Waals surface area contributed by atoms with E-state index in [0.717, 1.165) is 6.42 Å². The van der Waals surface area contributed by atoms with Gasteiger partial charge >= 0.3 is 0 Å². The monoisotopic (exact) mass is 161 g/mol. The zero-order valence-corrected chi connectivity index (χ0v) is 7.51. The molecule has 0 aromatic rings. The molecule has 0 radical (unpaired) electrons. The standard InChI is InChI=1S/C8H19NO2/c1-3-4-5-8(9)6-11-7-10-2/h8H,3-7,9H2,1-2H3/t8-/m0/s1. The second-order valence-corrected chi connectivity index (χ2v) is 2.68. The zero-order chi connectivity index (χ0) is 8.53. The first kappa shape index (κ1) is 10.9. The molecule has 0 saturated carbocycles. The number of nitrogens with two attached hydrogens (primary N) is 1. The van der Waals surface area contributed by atoms with Gasteiger partial charge in [-0.05, 0) is 6.42 Å². The summed E-state index contributed by atoms with van der Waals surface area (Å²) in [5.74, 6) is 0. The fourth-order valence-corrected chi connectivity index (χ4v) is 0.832. The Balaban J connectivity index is 3.02. The van der Waals surface area contributed by atoms with Gasteiger partial charge in [0.15, 0.2) is 0 Å². The highest BCUT2D eigenvalue weighted by atomic mass is 16.7. The van der Waals surface area contributed by atoms with Gasteiger partial charge in [-0.15, -0.1) is 0 Å². The maximum atomic E-state index is 5.72. The van der Waals surface area contributed by atoms with Crippen LogP contribution in [0.5, 0.6) is 0 Å². The summed E-state index contributed by atoms with van der Waals surface area (Å²) in [6.45, 7) is 3.11. The summed E-state index contributed by atoms with van der Waals surface area (Å²) in [6, 6.07) is 0.171. The summed E-state index contributed by atoms with van der Waals surface area (Å²) in [7, 11) is 1.61. The van der Waals surface area contributed by atoms with Gasteiger partial charge in [-0.3, -0.25) is 0 Å². The van der Waals surface area contributed by atoms with Gasteiger partial charge in [-0.2, -0.15) is 0 Å². The maximum absolute atomic E-state index is 5.72. The van der Waals surface area contributed by atoms with Crippen LogP contribution >= 0.6 is 0 Å². The van der Waals surface area contributed by atoms with E-state index in [0.29, 0.717) is 13.4 Å². The molecular formula is C8H19NO2. The molecule has 0 fully saturated rings. The van der Waals surface area contributed by atoms with E-state index in [1.54, 1.807) is 7.11 Å². The third kappa shape index (κ3) is 7.78. The van der Waals surface area contributed by atoms with E-state index in [2.05, 4.69) is 6.92 Å². The molecule has 11 heavy (non-hydrogen) atoms. The first-order valence-corrected chi connectivity index (χ1v) is 4.13. The predicted octanol–water partition coefficient (Wildman–Crippen LogP) is 1.12. The quantitative estimate of drug-likeness (QED) is 0.449. The maximum Gasteiger partial charge on any atom is 0.146 e. The van der Waals surface area contributed by atoms with E-state index in [4.69, 9.17) is 15.2 Å². The van der Waals surface area contributed by atoms with Crippen molar-refractivity contribution in [2.75, 3.05) is 20.5 Å². The molecular weight excluding hydrogens is 142 g/mol. The third-order valence-corrected chi connectivity index (χ3v) is 1.46. The highest BCUT2D eigenvalue weighted by Crippen LogP contribution is 1.98. The number of unbranched alkanes of at least 4 members (excludes halogenated alkanes) is 1. The van der Waals surface area contributed by atoms with Gasteiger partial charge in [0.2, 0.25) is 0 Å². The Hall–Kier alpha value is -0.120. The Kier molecular flexibility index (Phi) is 7.89. The molecule has 0 aliphatic rings. The van der Waals surface area contributed by atoms with Crippen LogP contribution in [0.2, 0.25) is 0 Å². The summed E-state index contributed by atoms with van der Waals surface area (Å²) >= 11 is 0. The highest BCUT2D eigenvalue weighted by molar-refractivity contribution is 4.58. The fourth-order valence-electron chi connectivity index (χ4n) is 0.832. The minimum absolute atomic E-state index is 0.171. The molecule has 1 atom stereocenters. The molecule has 3 heteroatoms. The van der Waals surface area contributed by atoms with Crippen molar-refractivity contribution in [2.45, 2.75) is 32.2 Å². The molecule has 0 aromatic heterocycles. The summed E-state index contributed by atoms with van der Waals surface area (Å²) in [5.41, 5.74) is 5.72. The normalized spacial score (nSPS) is 13.4. The number of hydrogen-bond acceptors (Lipinski definition) is 3. The summed E-state index contributed by atoms with van der Waals surface area (Å²) < 4.78 is 9.81. The lowest BCUT2D eigenvalue weighted by Gasteiger charge is -2.10. The summed E-state index contributed by atoms with van der Waals surface area (Å²) in [5, 5.41) is 0. The first-order chi connectivity index (χ1) is 5.31. The molecule has 0 amide bonds. The number of ether oxygens (including phenoxy) is 2. The van der Waals surface area contributed by atoms with Crippen LogP contribution < -0.4 is 5.73 Å². The van der Waals surface area contributed by atoms with Crippen LogP contribution in [0.1, 0.15) is 26.2 Å². The molecule has 0 heterocycles. The van der Waals surface area contributed by atoms with E-state index in [1.165, 1.54) is 12.8 Å². The molecule has 2 N–H and O–H groups in total. The van der Waals surface area contributed by atoms with E-state index in [1.807, 2.05) is 0 Å². The van der Waals surface area contributed by atoms with Crippen LogP contribution in [0.3, 0.4) is 0 Å². The molecule has 68 valence electrons. The van der Waals surface area contributed by atoms with Crippen molar-refractivity contribution in [1.29, 1.82) is 0 Å². The van der Waals surface area contributed by atoms with E-state index < -0.39 is 0 Å². The van der Waals surface area contributed by atoms with Crippen molar-refractivity contribution in [1.82, 2.24) is 0 Å². The zero-order valence-electron chi connectivity index (χ0n) is 7.51. The summed E-state index contributed by atoms with van der Waals surface area (Å²) in [6.07, 6.45) is 3.41. The Morgan fingerprint density at radius 3 is 2.73 bits per heavy atom. The van der Waals surface area contributed by atoms with Crippen LogP contribution in [0, 0.1) is 0 Å². The largest absolute Gasteiger partial charge is 0.359 e. The van der Waals surface area contributed by atoms with Crippen molar-refractivity contribution in [3.8, 4) is 0 Å². The average molecular weight is 161 g/mol. The van der Waals surface area contributed by atoms with Gasteiger partial charge in [0, 0.05) is 13.2 Å². The highest BCUT2D eigenvalue weighted by Gasteiger charge is 2.00. The van der Waals surface area contributed by atoms with Gasteiger partial charge in [0.05, 0.1) is 6.61 Å². The number of methoxy groups -OCH3 is 1. The van der Waals surface area contributed by atoms with E-state index >= 15 is 0 Å². The molecule has 0 aliphatic heterocycles. The van der Waals surface area contributed by atoms with Gasteiger partial charge < -0.3 is 15.2 Å². The average Bonchev–Trinajstić information content (AvgIpc) is 2.01. The SMILES string of the molecule is CCCC[C@H](N)COCOC. The van der Waals surface area contributed by atoms with Crippen molar-refractivity contribution < 1.29 is 9.47 Å². The predicted molar refractivity (Wildman–Crippen MR) is 45.3 cm³/mol.